The lowest BCUT2D eigenvalue weighted by Gasteiger charge is -2.18. The van der Waals surface area contributed by atoms with Crippen molar-refractivity contribution in [2.45, 2.75) is 13.5 Å². The number of rotatable bonds is 5. The Bertz CT molecular complexity index is 505. The van der Waals surface area contributed by atoms with Crippen molar-refractivity contribution in [1.82, 2.24) is 4.90 Å². The molecule has 19 heavy (non-hydrogen) atoms. The Morgan fingerprint density at radius 1 is 1.47 bits per heavy atom. The molecule has 1 amide bonds. The Kier molecular flexibility index (Phi) is 6.00. The molecule has 0 radical (unpaired) electrons. The molecule has 0 aromatic heterocycles. The molecule has 1 aromatic rings. The molecule has 0 bridgehead atoms. The molecule has 0 aliphatic heterocycles. The van der Waals surface area contributed by atoms with E-state index in [2.05, 4.69) is 11.8 Å². The van der Waals surface area contributed by atoms with E-state index in [4.69, 9.17) is 11.5 Å². The molecule has 4 nitrogen and oxygen atoms in total. The number of nitrogens with two attached hydrogens (primary N) is 2. The lowest BCUT2D eigenvalue weighted by atomic mass is 10.1. The highest BCUT2D eigenvalue weighted by Crippen LogP contribution is 2.11. The average molecular weight is 263 g/mol. The van der Waals surface area contributed by atoms with E-state index in [0.29, 0.717) is 18.7 Å². The summed E-state index contributed by atoms with van der Waals surface area (Å²) in [6.07, 6.45) is 0. The van der Waals surface area contributed by atoms with Crippen LogP contribution >= 0.6 is 0 Å². The van der Waals surface area contributed by atoms with Gasteiger partial charge in [-0.15, -0.1) is 0 Å². The fraction of sp³-hybridized carbons (Fsp3) is 0.357. The van der Waals surface area contributed by atoms with Gasteiger partial charge in [-0.3, -0.25) is 9.69 Å². The zero-order chi connectivity index (χ0) is 14.3. The summed E-state index contributed by atoms with van der Waals surface area (Å²) in [5.74, 6) is 4.55. The molecule has 0 aliphatic rings. The first kappa shape index (κ1) is 15.2. The number of hydrogen-bond acceptors (Lipinski definition) is 3. The summed E-state index contributed by atoms with van der Waals surface area (Å²) in [7, 11) is 0. The Morgan fingerprint density at radius 2 is 2.21 bits per heavy atom. The van der Waals surface area contributed by atoms with Crippen LogP contribution in [0.2, 0.25) is 0 Å². The Balaban J connectivity index is 2.86. The number of primary amides is 1. The van der Waals surface area contributed by atoms with Crippen molar-refractivity contribution in [3.8, 4) is 11.8 Å². The second-order valence-electron chi connectivity index (χ2n) is 4.09. The van der Waals surface area contributed by atoms with E-state index < -0.39 is 0 Å². The van der Waals surface area contributed by atoms with Crippen LogP contribution in [0, 0.1) is 17.7 Å². The van der Waals surface area contributed by atoms with E-state index in [-0.39, 0.29) is 24.8 Å². The van der Waals surface area contributed by atoms with Crippen LogP contribution in [0.3, 0.4) is 0 Å². The molecule has 1 aromatic carbocycles. The van der Waals surface area contributed by atoms with Gasteiger partial charge in [0.1, 0.15) is 5.82 Å². The van der Waals surface area contributed by atoms with Gasteiger partial charge in [0.15, 0.2) is 0 Å². The van der Waals surface area contributed by atoms with Crippen molar-refractivity contribution >= 4 is 5.91 Å². The van der Waals surface area contributed by atoms with Gasteiger partial charge in [0.05, 0.1) is 18.7 Å². The van der Waals surface area contributed by atoms with Crippen LogP contribution in [0.4, 0.5) is 4.39 Å². The third-order valence-corrected chi connectivity index (χ3v) is 2.59. The monoisotopic (exact) mass is 263 g/mol. The van der Waals surface area contributed by atoms with Gasteiger partial charge in [0.25, 0.3) is 0 Å². The summed E-state index contributed by atoms with van der Waals surface area (Å²) >= 11 is 0. The second-order valence-corrected chi connectivity index (χ2v) is 4.09. The summed E-state index contributed by atoms with van der Waals surface area (Å²) < 4.78 is 13.5. The Morgan fingerprint density at radius 3 is 2.79 bits per heavy atom. The predicted molar refractivity (Wildman–Crippen MR) is 72.5 cm³/mol. The van der Waals surface area contributed by atoms with E-state index in [9.17, 15) is 9.18 Å². The third kappa shape index (κ3) is 5.08. The lowest BCUT2D eigenvalue weighted by molar-refractivity contribution is -0.119. The highest BCUT2D eigenvalue weighted by molar-refractivity contribution is 5.75. The number of nitrogens with zero attached hydrogens (tertiary/aromatic N) is 1. The highest BCUT2D eigenvalue weighted by Gasteiger charge is 2.08. The normalized spacial score (nSPS) is 10.1. The van der Waals surface area contributed by atoms with E-state index in [1.165, 1.54) is 6.07 Å². The van der Waals surface area contributed by atoms with Gasteiger partial charge < -0.3 is 11.5 Å². The molecule has 1 rings (SSSR count). The number of likely N-dealkylation sites (N-methyl/N-ethyl adjacent to an activating group) is 1. The Hall–Kier alpha value is -1.90. The van der Waals surface area contributed by atoms with Crippen LogP contribution in [0.5, 0.6) is 0 Å². The Labute approximate surface area is 112 Å². The molecular weight excluding hydrogens is 245 g/mol. The fourth-order valence-electron chi connectivity index (χ4n) is 1.67. The number of carbonyl (C=O) groups is 1. The van der Waals surface area contributed by atoms with Crippen LogP contribution < -0.4 is 11.5 Å². The SMILES string of the molecule is CCN(CC(N)=O)Cc1ccc(F)c(C#CCN)c1. The number of carbonyl (C=O) groups excluding carboxylic acids is 1. The van der Waals surface area contributed by atoms with Gasteiger partial charge in [0, 0.05) is 6.54 Å². The maximum absolute atomic E-state index is 13.5. The largest absolute Gasteiger partial charge is 0.369 e. The van der Waals surface area contributed by atoms with Crippen molar-refractivity contribution < 1.29 is 9.18 Å². The highest BCUT2D eigenvalue weighted by atomic mass is 19.1. The van der Waals surface area contributed by atoms with E-state index >= 15 is 0 Å². The van der Waals surface area contributed by atoms with Gasteiger partial charge in [-0.25, -0.2) is 4.39 Å². The van der Waals surface area contributed by atoms with Gasteiger partial charge >= 0.3 is 0 Å². The van der Waals surface area contributed by atoms with E-state index in [1.807, 2.05) is 11.8 Å². The number of halogens is 1. The molecule has 4 N–H and O–H groups in total. The fourth-order valence-corrected chi connectivity index (χ4v) is 1.67. The van der Waals surface area contributed by atoms with Crippen molar-refractivity contribution in [3.63, 3.8) is 0 Å². The summed E-state index contributed by atoms with van der Waals surface area (Å²) in [4.78, 5) is 12.8. The molecule has 0 spiro atoms. The predicted octanol–water partition coefficient (Wildman–Crippen LogP) is 0.443. The van der Waals surface area contributed by atoms with Crippen molar-refractivity contribution in [1.29, 1.82) is 0 Å². The molecule has 0 saturated heterocycles. The van der Waals surface area contributed by atoms with Gasteiger partial charge in [-0.05, 0) is 24.2 Å². The zero-order valence-corrected chi connectivity index (χ0v) is 10.9. The van der Waals surface area contributed by atoms with E-state index in [1.54, 1.807) is 12.1 Å². The number of benzene rings is 1. The molecule has 0 atom stereocenters. The minimum atomic E-state index is -0.382. The first-order valence-corrected chi connectivity index (χ1v) is 6.04. The lowest BCUT2D eigenvalue weighted by Crippen LogP contribution is -2.33. The van der Waals surface area contributed by atoms with Gasteiger partial charge in [0.2, 0.25) is 5.91 Å². The van der Waals surface area contributed by atoms with Gasteiger partial charge in [-0.1, -0.05) is 24.8 Å². The first-order valence-electron chi connectivity index (χ1n) is 6.04. The number of amides is 1. The molecule has 0 aliphatic carbocycles. The van der Waals surface area contributed by atoms with E-state index in [0.717, 1.165) is 5.56 Å². The molecular formula is C14H18FN3O. The maximum atomic E-state index is 13.5. The molecule has 0 saturated carbocycles. The van der Waals surface area contributed by atoms with Crippen LogP contribution in [0.1, 0.15) is 18.1 Å². The zero-order valence-electron chi connectivity index (χ0n) is 10.9. The minimum absolute atomic E-state index is 0.178. The molecule has 0 fully saturated rings. The second kappa shape index (κ2) is 7.52. The topological polar surface area (TPSA) is 72.3 Å². The third-order valence-electron chi connectivity index (χ3n) is 2.59. The van der Waals surface area contributed by atoms with Gasteiger partial charge in [-0.2, -0.15) is 0 Å². The molecule has 102 valence electrons. The number of hydrogen-bond donors (Lipinski definition) is 2. The summed E-state index contributed by atoms with van der Waals surface area (Å²) in [5.41, 5.74) is 11.6. The summed E-state index contributed by atoms with van der Waals surface area (Å²) in [6.45, 7) is 3.51. The first-order chi connectivity index (χ1) is 9.06. The summed E-state index contributed by atoms with van der Waals surface area (Å²) in [6, 6.07) is 4.71. The van der Waals surface area contributed by atoms with Crippen LogP contribution in [-0.2, 0) is 11.3 Å². The minimum Gasteiger partial charge on any atom is -0.369 e. The van der Waals surface area contributed by atoms with Crippen LogP contribution in [-0.4, -0.2) is 30.4 Å². The average Bonchev–Trinajstić information content (AvgIpc) is 2.38. The standard InChI is InChI=1S/C14H18FN3O/c1-2-18(10-14(17)19)9-11-5-6-13(15)12(8-11)4-3-7-16/h5-6,8H,2,7,9-10,16H2,1H3,(H2,17,19). The smallest absolute Gasteiger partial charge is 0.231 e. The quantitative estimate of drug-likeness (QED) is 0.757. The van der Waals surface area contributed by atoms with Crippen molar-refractivity contribution in [3.05, 3.63) is 35.1 Å². The molecule has 0 unspecified atom stereocenters. The summed E-state index contributed by atoms with van der Waals surface area (Å²) in [5, 5.41) is 0. The maximum Gasteiger partial charge on any atom is 0.231 e. The molecule has 0 heterocycles. The van der Waals surface area contributed by atoms with Crippen LogP contribution in [0.25, 0.3) is 0 Å². The molecule has 5 heteroatoms. The van der Waals surface area contributed by atoms with Crippen molar-refractivity contribution in [2.24, 2.45) is 11.5 Å². The van der Waals surface area contributed by atoms with Crippen LogP contribution in [0.15, 0.2) is 18.2 Å². The van der Waals surface area contributed by atoms with Crippen molar-refractivity contribution in [2.75, 3.05) is 19.6 Å².